The Morgan fingerprint density at radius 1 is 1.02 bits per heavy atom. The number of carbonyl (C=O) groups is 3. The van der Waals surface area contributed by atoms with Gasteiger partial charge in [-0.3, -0.25) is 9.59 Å². The number of nitrogens with one attached hydrogen (secondary N) is 3. The molecule has 12 heteroatoms. The van der Waals surface area contributed by atoms with Crippen molar-refractivity contribution < 1.29 is 28.2 Å². The van der Waals surface area contributed by atoms with Crippen LogP contribution in [0.15, 0.2) is 66.9 Å². The molecule has 0 radical (unpaired) electrons. The predicted molar refractivity (Wildman–Crippen MR) is 157 cm³/mol. The van der Waals surface area contributed by atoms with Crippen molar-refractivity contribution in [2.45, 2.75) is 6.54 Å². The summed E-state index contributed by atoms with van der Waals surface area (Å²) >= 11 is 0. The maximum atomic E-state index is 13.9. The van der Waals surface area contributed by atoms with E-state index < -0.39 is 11.7 Å². The van der Waals surface area contributed by atoms with Crippen molar-refractivity contribution in [3.05, 3.63) is 89.5 Å². The molecule has 3 N–H and O–H groups in total. The number of amides is 3. The van der Waals surface area contributed by atoms with Crippen LogP contribution in [-0.2, 0) is 11.3 Å². The predicted octanol–water partition coefficient (Wildman–Crippen LogP) is 4.67. The number of rotatable bonds is 6. The minimum Gasteiger partial charge on any atom is -0.494 e. The van der Waals surface area contributed by atoms with E-state index in [2.05, 4.69) is 20.6 Å². The molecular weight excluding hydrogens is 555 g/mol. The fourth-order valence-corrected chi connectivity index (χ4v) is 5.22. The molecule has 6 rings (SSSR count). The third-order valence-electron chi connectivity index (χ3n) is 7.34. The second-order valence-corrected chi connectivity index (χ2v) is 10.1. The van der Waals surface area contributed by atoms with Crippen LogP contribution in [0.3, 0.4) is 0 Å². The highest BCUT2D eigenvalue weighted by Crippen LogP contribution is 2.38. The molecule has 11 nitrogen and oxygen atoms in total. The van der Waals surface area contributed by atoms with Gasteiger partial charge in [-0.2, -0.15) is 0 Å². The van der Waals surface area contributed by atoms with Gasteiger partial charge in [-0.1, -0.05) is 18.2 Å². The summed E-state index contributed by atoms with van der Waals surface area (Å²) in [6, 6.07) is 16.5. The van der Waals surface area contributed by atoms with Gasteiger partial charge in [0.2, 0.25) is 0 Å². The Balaban J connectivity index is 1.33. The van der Waals surface area contributed by atoms with E-state index in [4.69, 9.17) is 9.47 Å². The van der Waals surface area contributed by atoms with Crippen molar-refractivity contribution in [1.82, 2.24) is 19.8 Å². The van der Waals surface area contributed by atoms with Crippen LogP contribution >= 0.6 is 0 Å². The van der Waals surface area contributed by atoms with E-state index in [0.717, 1.165) is 11.8 Å². The number of halogens is 1. The van der Waals surface area contributed by atoms with Crippen LogP contribution < -0.4 is 15.4 Å². The Morgan fingerprint density at radius 3 is 2.58 bits per heavy atom. The zero-order valence-corrected chi connectivity index (χ0v) is 23.4. The molecule has 0 bridgehead atoms. The fourth-order valence-electron chi connectivity index (χ4n) is 5.22. The summed E-state index contributed by atoms with van der Waals surface area (Å²) in [6.07, 6.45) is 1.54. The SMILES string of the molecule is COc1cc(C(=O)Nc2cc(-c3[nH]c4c(c3Nc3ccccc3)C(=O)CN(C(=O)N3CCOCC3)C4)ccn2)ccc1F. The summed E-state index contributed by atoms with van der Waals surface area (Å²) in [6.45, 7) is 2.05. The average molecular weight is 585 g/mol. The molecule has 4 heterocycles. The number of fused-ring (bicyclic) bond motifs is 1. The lowest BCUT2D eigenvalue weighted by atomic mass is 10.0. The van der Waals surface area contributed by atoms with Gasteiger partial charge in [0.15, 0.2) is 17.3 Å². The number of para-hydroxylation sites is 1. The molecule has 220 valence electrons. The van der Waals surface area contributed by atoms with Crippen molar-refractivity contribution in [2.24, 2.45) is 0 Å². The maximum Gasteiger partial charge on any atom is 0.320 e. The van der Waals surface area contributed by atoms with Crippen LogP contribution in [0.2, 0.25) is 0 Å². The van der Waals surface area contributed by atoms with Crippen molar-refractivity contribution >= 4 is 34.9 Å². The van der Waals surface area contributed by atoms with Crippen molar-refractivity contribution in [3.8, 4) is 17.0 Å². The lowest BCUT2D eigenvalue weighted by molar-refractivity contribution is 0.0415. The molecular formula is C31H29FN6O5. The van der Waals surface area contributed by atoms with E-state index >= 15 is 0 Å². The molecule has 2 aliphatic rings. The Morgan fingerprint density at radius 2 is 1.81 bits per heavy atom. The summed E-state index contributed by atoms with van der Waals surface area (Å²) in [5.74, 6) is -1.07. The Labute approximate surface area is 246 Å². The van der Waals surface area contributed by atoms with Gasteiger partial charge in [0.25, 0.3) is 5.91 Å². The number of hydrogen-bond donors (Lipinski definition) is 3. The molecule has 0 unspecified atom stereocenters. The maximum absolute atomic E-state index is 13.9. The molecule has 1 saturated heterocycles. The third kappa shape index (κ3) is 5.77. The number of Topliss-reactive ketones (excluding diaryl/α,β-unsaturated/α-hetero) is 1. The van der Waals surface area contributed by atoms with E-state index in [0.29, 0.717) is 54.5 Å². The molecule has 0 atom stereocenters. The number of methoxy groups -OCH3 is 1. The van der Waals surface area contributed by atoms with Crippen LogP contribution in [0.1, 0.15) is 26.4 Å². The number of aromatic nitrogens is 2. The van der Waals surface area contributed by atoms with Gasteiger partial charge < -0.3 is 34.9 Å². The topological polar surface area (TPSA) is 129 Å². The quantitative estimate of drug-likeness (QED) is 0.300. The number of nitrogens with zero attached hydrogens (tertiary/aromatic N) is 3. The highest BCUT2D eigenvalue weighted by molar-refractivity contribution is 6.09. The van der Waals surface area contributed by atoms with E-state index in [9.17, 15) is 18.8 Å². The van der Waals surface area contributed by atoms with E-state index in [1.54, 1.807) is 23.2 Å². The number of hydrogen-bond acceptors (Lipinski definition) is 7. The highest BCUT2D eigenvalue weighted by Gasteiger charge is 2.34. The molecule has 2 aromatic carbocycles. The van der Waals surface area contributed by atoms with Gasteiger partial charge >= 0.3 is 6.03 Å². The van der Waals surface area contributed by atoms with Crippen molar-refractivity contribution in [2.75, 3.05) is 50.6 Å². The van der Waals surface area contributed by atoms with Gasteiger partial charge in [0.1, 0.15) is 5.82 Å². The van der Waals surface area contributed by atoms with Gasteiger partial charge in [0.05, 0.1) is 50.4 Å². The van der Waals surface area contributed by atoms with Gasteiger partial charge in [0, 0.05) is 41.8 Å². The molecule has 1 fully saturated rings. The first-order chi connectivity index (χ1) is 20.9. The zero-order chi connectivity index (χ0) is 29.9. The first kappa shape index (κ1) is 27.9. The smallest absolute Gasteiger partial charge is 0.320 e. The van der Waals surface area contributed by atoms with E-state index in [1.807, 2.05) is 30.3 Å². The normalized spacial score (nSPS) is 14.7. The van der Waals surface area contributed by atoms with Gasteiger partial charge in [-0.15, -0.1) is 0 Å². The average Bonchev–Trinajstić information content (AvgIpc) is 3.40. The standard InChI is InChI=1S/C31H29FN6O5/c1-42-25-15-20(7-8-22(25)32)30(40)36-26-16-19(9-10-33-26)28-29(34-21-5-3-2-4-6-21)27-23(35-28)17-38(18-24(27)39)31(41)37-11-13-43-14-12-37/h2-10,15-16,34-35H,11-14,17-18H2,1H3,(H,33,36,40). The number of ether oxygens (including phenoxy) is 2. The first-order valence-electron chi connectivity index (χ1n) is 13.7. The lowest BCUT2D eigenvalue weighted by Crippen LogP contribution is -2.50. The second-order valence-electron chi connectivity index (χ2n) is 10.1. The lowest BCUT2D eigenvalue weighted by Gasteiger charge is -2.34. The minimum atomic E-state index is -0.576. The molecule has 2 aliphatic heterocycles. The minimum absolute atomic E-state index is 0.0474. The number of carbonyl (C=O) groups excluding carboxylic acids is 3. The number of urea groups is 1. The van der Waals surface area contributed by atoms with Crippen LogP contribution in [0, 0.1) is 5.82 Å². The summed E-state index contributed by atoms with van der Waals surface area (Å²) < 4.78 is 24.2. The molecule has 2 aromatic heterocycles. The highest BCUT2D eigenvalue weighted by atomic mass is 19.1. The van der Waals surface area contributed by atoms with Crippen LogP contribution in [0.5, 0.6) is 5.75 Å². The van der Waals surface area contributed by atoms with Crippen molar-refractivity contribution in [3.63, 3.8) is 0 Å². The summed E-state index contributed by atoms with van der Waals surface area (Å²) in [5.41, 5.74) is 3.87. The first-order valence-corrected chi connectivity index (χ1v) is 13.7. The van der Waals surface area contributed by atoms with E-state index in [1.165, 1.54) is 24.1 Å². The number of ketones is 1. The van der Waals surface area contributed by atoms with Gasteiger partial charge in [-0.05, 0) is 42.5 Å². The number of morpholine rings is 1. The summed E-state index contributed by atoms with van der Waals surface area (Å²) in [5, 5.41) is 6.12. The summed E-state index contributed by atoms with van der Waals surface area (Å²) in [4.78, 5) is 50.6. The molecule has 43 heavy (non-hydrogen) atoms. The Hall–Kier alpha value is -5.23. The van der Waals surface area contributed by atoms with Gasteiger partial charge in [-0.25, -0.2) is 14.2 Å². The molecule has 0 spiro atoms. The van der Waals surface area contributed by atoms with Crippen LogP contribution in [0.25, 0.3) is 11.3 Å². The number of anilines is 3. The monoisotopic (exact) mass is 584 g/mol. The van der Waals surface area contributed by atoms with Crippen molar-refractivity contribution in [1.29, 1.82) is 0 Å². The number of pyridine rings is 1. The molecule has 0 aliphatic carbocycles. The number of H-pyrrole nitrogens is 1. The zero-order valence-electron chi connectivity index (χ0n) is 23.4. The molecule has 4 aromatic rings. The third-order valence-corrected chi connectivity index (χ3v) is 7.34. The molecule has 0 saturated carbocycles. The fraction of sp³-hybridized carbons (Fsp3) is 0.226. The Bertz CT molecular complexity index is 1690. The Kier molecular flexibility index (Phi) is 7.75. The molecule has 3 amide bonds. The van der Waals surface area contributed by atoms with Crippen LogP contribution in [0.4, 0.5) is 26.4 Å². The van der Waals surface area contributed by atoms with Crippen LogP contribution in [-0.4, -0.2) is 77.4 Å². The number of benzene rings is 2. The second kappa shape index (κ2) is 11.9. The summed E-state index contributed by atoms with van der Waals surface area (Å²) in [7, 11) is 1.32. The largest absolute Gasteiger partial charge is 0.494 e. The number of aromatic amines is 1. The van der Waals surface area contributed by atoms with E-state index in [-0.39, 0.29) is 42.0 Å².